The second kappa shape index (κ2) is 5.94. The van der Waals surface area contributed by atoms with Crippen LogP contribution in [-0.4, -0.2) is 30.6 Å². The third-order valence-electron chi connectivity index (χ3n) is 3.68. The van der Waals surface area contributed by atoms with E-state index in [0.29, 0.717) is 13.0 Å². The molecule has 1 aliphatic carbocycles. The highest BCUT2D eigenvalue weighted by Crippen LogP contribution is 2.48. The van der Waals surface area contributed by atoms with Gasteiger partial charge < -0.3 is 15.2 Å². The van der Waals surface area contributed by atoms with Gasteiger partial charge in [-0.1, -0.05) is 12.1 Å². The maximum Gasteiger partial charge on any atom is 0.303 e. The predicted molar refractivity (Wildman–Crippen MR) is 73.8 cm³/mol. The third-order valence-corrected chi connectivity index (χ3v) is 3.68. The van der Waals surface area contributed by atoms with E-state index in [1.165, 1.54) is 0 Å². The summed E-state index contributed by atoms with van der Waals surface area (Å²) >= 11 is 0. The number of methoxy groups -OCH3 is 1. The van der Waals surface area contributed by atoms with E-state index in [2.05, 4.69) is 5.32 Å². The van der Waals surface area contributed by atoms with Crippen LogP contribution in [-0.2, 0) is 15.0 Å². The van der Waals surface area contributed by atoms with Gasteiger partial charge >= 0.3 is 5.97 Å². The number of nitrogens with one attached hydrogen (secondary N) is 1. The Hall–Kier alpha value is -2.04. The van der Waals surface area contributed by atoms with Crippen molar-refractivity contribution in [1.29, 1.82) is 0 Å². The van der Waals surface area contributed by atoms with E-state index in [1.807, 2.05) is 24.3 Å². The van der Waals surface area contributed by atoms with Crippen LogP contribution in [0.2, 0.25) is 0 Å². The summed E-state index contributed by atoms with van der Waals surface area (Å²) in [5.74, 6) is -0.0741. The van der Waals surface area contributed by atoms with Gasteiger partial charge in [-0.2, -0.15) is 0 Å². The van der Waals surface area contributed by atoms with Crippen LogP contribution >= 0.6 is 0 Å². The number of amides is 1. The largest absolute Gasteiger partial charge is 0.497 e. The first-order chi connectivity index (χ1) is 9.58. The monoisotopic (exact) mass is 277 g/mol. The van der Waals surface area contributed by atoms with Gasteiger partial charge in [0.1, 0.15) is 5.75 Å². The van der Waals surface area contributed by atoms with E-state index in [1.54, 1.807) is 7.11 Å². The fourth-order valence-electron chi connectivity index (χ4n) is 2.29. The Bertz CT molecular complexity index is 491. The molecule has 1 aliphatic rings. The van der Waals surface area contributed by atoms with Gasteiger partial charge in [0, 0.05) is 13.0 Å². The number of aliphatic carboxylic acids is 1. The normalized spacial score (nSPS) is 15.4. The molecule has 0 radical (unpaired) electrons. The Balaban J connectivity index is 1.92. The molecule has 5 nitrogen and oxygen atoms in total. The number of carboxylic acids is 1. The molecule has 2 rings (SSSR count). The van der Waals surface area contributed by atoms with Crippen molar-refractivity contribution in [2.75, 3.05) is 13.7 Å². The molecule has 1 amide bonds. The van der Waals surface area contributed by atoms with E-state index >= 15 is 0 Å². The van der Waals surface area contributed by atoms with Gasteiger partial charge in [0.15, 0.2) is 0 Å². The van der Waals surface area contributed by atoms with Gasteiger partial charge in [0.2, 0.25) is 5.91 Å². The van der Waals surface area contributed by atoms with Crippen LogP contribution < -0.4 is 10.1 Å². The Morgan fingerprint density at radius 2 is 1.95 bits per heavy atom. The van der Waals surface area contributed by atoms with Crippen LogP contribution in [0.25, 0.3) is 0 Å². The number of benzene rings is 1. The molecule has 108 valence electrons. The van der Waals surface area contributed by atoms with Crippen LogP contribution in [0.5, 0.6) is 5.75 Å². The third kappa shape index (κ3) is 3.10. The van der Waals surface area contributed by atoms with Crippen LogP contribution in [0.3, 0.4) is 0 Å². The van der Waals surface area contributed by atoms with Crippen molar-refractivity contribution < 1.29 is 19.4 Å². The maximum atomic E-state index is 12.2. The zero-order chi connectivity index (χ0) is 14.6. The summed E-state index contributed by atoms with van der Waals surface area (Å²) in [4.78, 5) is 22.6. The van der Waals surface area contributed by atoms with Gasteiger partial charge in [0.25, 0.3) is 0 Å². The molecule has 0 atom stereocenters. The molecule has 1 saturated carbocycles. The highest BCUT2D eigenvalue weighted by molar-refractivity contribution is 5.91. The van der Waals surface area contributed by atoms with E-state index in [4.69, 9.17) is 9.84 Å². The SMILES string of the molecule is COc1ccc(C2(C(=O)NCCCC(=O)O)CC2)cc1. The summed E-state index contributed by atoms with van der Waals surface area (Å²) in [5, 5.41) is 11.4. The van der Waals surface area contributed by atoms with Crippen molar-refractivity contribution in [2.24, 2.45) is 0 Å². The molecule has 0 spiro atoms. The summed E-state index contributed by atoms with van der Waals surface area (Å²) in [6.07, 6.45) is 2.21. The fraction of sp³-hybridized carbons (Fsp3) is 0.467. The van der Waals surface area contributed by atoms with Crippen LogP contribution in [0.1, 0.15) is 31.2 Å². The second-order valence-electron chi connectivity index (χ2n) is 5.06. The van der Waals surface area contributed by atoms with Crippen LogP contribution in [0.4, 0.5) is 0 Å². The number of rotatable bonds is 7. The molecular formula is C15H19NO4. The summed E-state index contributed by atoms with van der Waals surface area (Å²) in [6.45, 7) is 0.406. The Morgan fingerprint density at radius 1 is 1.30 bits per heavy atom. The average molecular weight is 277 g/mol. The van der Waals surface area contributed by atoms with Crippen LogP contribution in [0, 0.1) is 0 Å². The van der Waals surface area contributed by atoms with Crippen molar-refractivity contribution in [3.05, 3.63) is 29.8 Å². The number of ether oxygens (including phenoxy) is 1. The summed E-state index contributed by atoms with van der Waals surface area (Å²) < 4.78 is 5.11. The number of carbonyl (C=O) groups excluding carboxylic acids is 1. The second-order valence-corrected chi connectivity index (χ2v) is 5.06. The zero-order valence-corrected chi connectivity index (χ0v) is 11.5. The van der Waals surface area contributed by atoms with E-state index in [0.717, 1.165) is 24.2 Å². The Morgan fingerprint density at radius 3 is 2.45 bits per heavy atom. The van der Waals surface area contributed by atoms with E-state index in [9.17, 15) is 9.59 Å². The molecule has 0 bridgehead atoms. The molecule has 0 saturated heterocycles. The molecule has 1 fully saturated rings. The first-order valence-electron chi connectivity index (χ1n) is 6.73. The average Bonchev–Trinajstić information content (AvgIpc) is 3.25. The quantitative estimate of drug-likeness (QED) is 0.744. The molecule has 1 aromatic rings. The van der Waals surface area contributed by atoms with Gasteiger partial charge in [0.05, 0.1) is 12.5 Å². The summed E-state index contributed by atoms with van der Waals surface area (Å²) in [6, 6.07) is 7.55. The van der Waals surface area contributed by atoms with Gasteiger partial charge in [-0.05, 0) is 37.0 Å². The number of hydrogen-bond donors (Lipinski definition) is 2. The topological polar surface area (TPSA) is 75.6 Å². The van der Waals surface area contributed by atoms with Crippen molar-refractivity contribution in [1.82, 2.24) is 5.32 Å². The summed E-state index contributed by atoms with van der Waals surface area (Å²) in [5.41, 5.74) is 0.573. The number of hydrogen-bond acceptors (Lipinski definition) is 3. The van der Waals surface area contributed by atoms with Crippen molar-refractivity contribution in [2.45, 2.75) is 31.1 Å². The van der Waals surface area contributed by atoms with Gasteiger partial charge in [-0.3, -0.25) is 9.59 Å². The molecule has 0 aliphatic heterocycles. The first kappa shape index (κ1) is 14.4. The molecule has 0 unspecified atom stereocenters. The molecule has 5 heteroatoms. The number of carboxylic acid groups (broad SMARTS) is 1. The summed E-state index contributed by atoms with van der Waals surface area (Å²) in [7, 11) is 1.61. The van der Waals surface area contributed by atoms with Crippen LogP contribution in [0.15, 0.2) is 24.3 Å². The van der Waals surface area contributed by atoms with Crippen molar-refractivity contribution in [3.8, 4) is 5.75 Å². The fourth-order valence-corrected chi connectivity index (χ4v) is 2.29. The van der Waals surface area contributed by atoms with Gasteiger partial charge in [-0.15, -0.1) is 0 Å². The van der Waals surface area contributed by atoms with E-state index < -0.39 is 11.4 Å². The molecule has 20 heavy (non-hydrogen) atoms. The minimum atomic E-state index is -0.837. The molecule has 2 N–H and O–H groups in total. The minimum Gasteiger partial charge on any atom is -0.497 e. The minimum absolute atomic E-state index is 0.00643. The molecule has 0 heterocycles. The smallest absolute Gasteiger partial charge is 0.303 e. The molecular weight excluding hydrogens is 258 g/mol. The first-order valence-corrected chi connectivity index (χ1v) is 6.73. The number of carbonyl (C=O) groups is 2. The maximum absolute atomic E-state index is 12.2. The van der Waals surface area contributed by atoms with Crippen molar-refractivity contribution >= 4 is 11.9 Å². The van der Waals surface area contributed by atoms with Crippen molar-refractivity contribution in [3.63, 3.8) is 0 Å². The Kier molecular flexibility index (Phi) is 4.27. The lowest BCUT2D eigenvalue weighted by Gasteiger charge is -2.16. The highest BCUT2D eigenvalue weighted by Gasteiger charge is 2.50. The van der Waals surface area contributed by atoms with Gasteiger partial charge in [-0.25, -0.2) is 0 Å². The molecule has 1 aromatic carbocycles. The zero-order valence-electron chi connectivity index (χ0n) is 11.5. The molecule has 0 aromatic heterocycles. The highest BCUT2D eigenvalue weighted by atomic mass is 16.5. The standard InChI is InChI=1S/C15H19NO4/c1-20-12-6-4-11(5-7-12)15(8-9-15)14(19)16-10-2-3-13(17)18/h4-7H,2-3,8-10H2,1H3,(H,16,19)(H,17,18). The lowest BCUT2D eigenvalue weighted by Crippen LogP contribution is -2.35. The van der Waals surface area contributed by atoms with E-state index in [-0.39, 0.29) is 12.3 Å². The lowest BCUT2D eigenvalue weighted by molar-refractivity contribution is -0.137. The lowest BCUT2D eigenvalue weighted by atomic mass is 9.95. The Labute approximate surface area is 117 Å². The predicted octanol–water partition coefficient (Wildman–Crippen LogP) is 1.71.